The van der Waals surface area contributed by atoms with Crippen molar-refractivity contribution in [2.24, 2.45) is 5.92 Å². The Balaban J connectivity index is 1.93. The Morgan fingerprint density at radius 3 is 3.00 bits per heavy atom. The van der Waals surface area contributed by atoms with Crippen molar-refractivity contribution in [1.82, 2.24) is 4.90 Å². The summed E-state index contributed by atoms with van der Waals surface area (Å²) in [6, 6.07) is 4.74. The van der Waals surface area contributed by atoms with Gasteiger partial charge in [0.25, 0.3) is 0 Å². The van der Waals surface area contributed by atoms with Gasteiger partial charge in [-0.2, -0.15) is 0 Å². The third kappa shape index (κ3) is 3.67. The van der Waals surface area contributed by atoms with Crippen molar-refractivity contribution >= 4 is 17.5 Å². The van der Waals surface area contributed by atoms with Crippen molar-refractivity contribution in [3.05, 3.63) is 34.6 Å². The molecule has 3 nitrogen and oxygen atoms in total. The van der Waals surface area contributed by atoms with E-state index in [1.54, 1.807) is 19.2 Å². The van der Waals surface area contributed by atoms with Gasteiger partial charge in [0.2, 0.25) is 5.91 Å². The number of carbonyl (C=O) groups excluding carboxylic acids is 1. The fourth-order valence-electron chi connectivity index (χ4n) is 2.41. The number of nitrogens with zero attached hydrogens (tertiary/aromatic N) is 1. The summed E-state index contributed by atoms with van der Waals surface area (Å²) in [5.74, 6) is 0.0239. The van der Waals surface area contributed by atoms with Crippen molar-refractivity contribution in [1.29, 1.82) is 0 Å². The lowest BCUT2D eigenvalue weighted by atomic mass is 9.98. The van der Waals surface area contributed by atoms with Crippen molar-refractivity contribution in [2.75, 3.05) is 26.8 Å². The first-order chi connectivity index (χ1) is 9.10. The number of hydrogen-bond donors (Lipinski definition) is 0. The summed E-state index contributed by atoms with van der Waals surface area (Å²) >= 11 is 5.76. The molecule has 1 aliphatic heterocycles. The Bertz CT molecular complexity index is 467. The van der Waals surface area contributed by atoms with Gasteiger partial charge >= 0.3 is 0 Å². The third-order valence-corrected chi connectivity index (χ3v) is 3.66. The molecule has 1 atom stereocenters. The summed E-state index contributed by atoms with van der Waals surface area (Å²) in [4.78, 5) is 13.6. The van der Waals surface area contributed by atoms with Gasteiger partial charge in [0.05, 0.1) is 11.6 Å². The van der Waals surface area contributed by atoms with E-state index in [4.69, 9.17) is 16.3 Å². The number of benzene rings is 1. The van der Waals surface area contributed by atoms with Crippen LogP contribution in [0.1, 0.15) is 12.0 Å². The van der Waals surface area contributed by atoms with E-state index in [0.717, 1.165) is 18.5 Å². The predicted octanol–water partition coefficient (Wildman–Crippen LogP) is 2.52. The molecule has 0 N–H and O–H groups in total. The summed E-state index contributed by atoms with van der Waals surface area (Å²) in [6.07, 6.45) is 1.29. The Hall–Kier alpha value is -1.13. The van der Waals surface area contributed by atoms with Gasteiger partial charge in [-0.15, -0.1) is 0 Å². The maximum absolute atomic E-state index is 13.1. The summed E-state index contributed by atoms with van der Waals surface area (Å²) in [5, 5.41) is 0.137. The Labute approximate surface area is 117 Å². The minimum absolute atomic E-state index is 0.137. The molecule has 0 saturated carbocycles. The first-order valence-corrected chi connectivity index (χ1v) is 6.68. The number of amides is 1. The van der Waals surface area contributed by atoms with E-state index in [-0.39, 0.29) is 16.8 Å². The number of halogens is 2. The molecule has 2 rings (SSSR count). The van der Waals surface area contributed by atoms with Gasteiger partial charge in [-0.05, 0) is 30.0 Å². The van der Waals surface area contributed by atoms with E-state index in [0.29, 0.717) is 19.6 Å². The van der Waals surface area contributed by atoms with Crippen molar-refractivity contribution in [3.8, 4) is 0 Å². The lowest BCUT2D eigenvalue weighted by Crippen LogP contribution is -2.28. The number of hydrogen-bond acceptors (Lipinski definition) is 2. The minimum Gasteiger partial charge on any atom is -0.383 e. The number of carbonyl (C=O) groups is 1. The first kappa shape index (κ1) is 14.3. The van der Waals surface area contributed by atoms with Crippen LogP contribution in [0.25, 0.3) is 0 Å². The van der Waals surface area contributed by atoms with Crippen molar-refractivity contribution in [2.45, 2.75) is 12.8 Å². The van der Waals surface area contributed by atoms with Gasteiger partial charge in [0.15, 0.2) is 0 Å². The van der Waals surface area contributed by atoms with Crippen molar-refractivity contribution < 1.29 is 13.9 Å². The highest BCUT2D eigenvalue weighted by Gasteiger charge is 2.29. The van der Waals surface area contributed by atoms with Gasteiger partial charge in [-0.3, -0.25) is 4.79 Å². The molecule has 0 spiro atoms. The minimum atomic E-state index is -0.408. The summed E-state index contributed by atoms with van der Waals surface area (Å²) in [5.41, 5.74) is 0.970. The third-order valence-electron chi connectivity index (χ3n) is 3.37. The van der Waals surface area contributed by atoms with Crippen LogP contribution in [0.15, 0.2) is 18.2 Å². The van der Waals surface area contributed by atoms with E-state index < -0.39 is 5.82 Å². The van der Waals surface area contributed by atoms with E-state index in [9.17, 15) is 9.18 Å². The molecule has 1 aromatic carbocycles. The van der Waals surface area contributed by atoms with Crippen LogP contribution >= 0.6 is 11.6 Å². The topological polar surface area (TPSA) is 29.5 Å². The van der Waals surface area contributed by atoms with E-state index in [2.05, 4.69) is 0 Å². The molecule has 0 bridgehead atoms. The smallest absolute Gasteiger partial charge is 0.223 e. The molecular weight excluding hydrogens is 269 g/mol. The molecule has 104 valence electrons. The molecule has 5 heteroatoms. The quantitative estimate of drug-likeness (QED) is 0.832. The van der Waals surface area contributed by atoms with Crippen LogP contribution in [0.2, 0.25) is 5.02 Å². The number of methoxy groups -OCH3 is 1. The van der Waals surface area contributed by atoms with E-state index in [1.807, 2.05) is 4.90 Å². The predicted molar refractivity (Wildman–Crippen MR) is 71.7 cm³/mol. The fraction of sp³-hybridized carbons (Fsp3) is 0.500. The molecule has 1 amide bonds. The molecule has 0 radical (unpaired) electrons. The zero-order chi connectivity index (χ0) is 13.8. The first-order valence-electron chi connectivity index (χ1n) is 6.30. The van der Waals surface area contributed by atoms with Crippen LogP contribution in [0.3, 0.4) is 0 Å². The summed E-state index contributed by atoms with van der Waals surface area (Å²) in [7, 11) is 1.62. The van der Waals surface area contributed by atoms with Crippen LogP contribution in [0, 0.1) is 11.7 Å². The second-order valence-electron chi connectivity index (χ2n) is 4.86. The lowest BCUT2D eigenvalue weighted by molar-refractivity contribution is -0.128. The van der Waals surface area contributed by atoms with E-state index >= 15 is 0 Å². The number of ether oxygens (including phenoxy) is 1. The van der Waals surface area contributed by atoms with Crippen LogP contribution in [-0.4, -0.2) is 37.6 Å². The van der Waals surface area contributed by atoms with Crippen molar-refractivity contribution in [3.63, 3.8) is 0 Å². The molecular formula is C14H17ClFNO2. The standard InChI is InChI=1S/C14H17ClFNO2/c1-19-5-4-17-9-11(8-14(17)18)6-10-2-3-13(16)12(15)7-10/h2-3,7,11H,4-6,8-9H2,1H3/t11-/m0/s1. The summed E-state index contributed by atoms with van der Waals surface area (Å²) in [6.45, 7) is 1.92. The maximum Gasteiger partial charge on any atom is 0.223 e. The normalized spacial score (nSPS) is 19.2. The lowest BCUT2D eigenvalue weighted by Gasteiger charge is -2.16. The largest absolute Gasteiger partial charge is 0.383 e. The van der Waals surface area contributed by atoms with E-state index in [1.165, 1.54) is 6.07 Å². The van der Waals surface area contributed by atoms with Crippen LogP contribution in [0.4, 0.5) is 4.39 Å². The van der Waals surface area contributed by atoms with Gasteiger partial charge in [0, 0.05) is 26.6 Å². The van der Waals surface area contributed by atoms with Gasteiger partial charge in [-0.25, -0.2) is 4.39 Å². The highest BCUT2D eigenvalue weighted by molar-refractivity contribution is 6.30. The number of likely N-dealkylation sites (tertiary alicyclic amines) is 1. The highest BCUT2D eigenvalue weighted by atomic mass is 35.5. The fourth-order valence-corrected chi connectivity index (χ4v) is 2.61. The molecule has 0 aliphatic carbocycles. The molecule has 1 aromatic rings. The van der Waals surface area contributed by atoms with Gasteiger partial charge in [0.1, 0.15) is 5.82 Å². The van der Waals surface area contributed by atoms with Gasteiger partial charge < -0.3 is 9.64 Å². The zero-order valence-corrected chi connectivity index (χ0v) is 11.6. The maximum atomic E-state index is 13.1. The monoisotopic (exact) mass is 285 g/mol. The molecule has 19 heavy (non-hydrogen) atoms. The van der Waals surface area contributed by atoms with Crippen LogP contribution in [-0.2, 0) is 16.0 Å². The highest BCUT2D eigenvalue weighted by Crippen LogP contribution is 2.24. The molecule has 1 fully saturated rings. The molecule has 1 saturated heterocycles. The molecule has 1 heterocycles. The average molecular weight is 286 g/mol. The SMILES string of the molecule is COCCN1C[C@@H](Cc2ccc(F)c(Cl)c2)CC1=O. The van der Waals surface area contributed by atoms with Crippen LogP contribution in [0.5, 0.6) is 0 Å². The Kier molecular flexibility index (Phi) is 4.77. The zero-order valence-electron chi connectivity index (χ0n) is 10.9. The number of rotatable bonds is 5. The van der Waals surface area contributed by atoms with Crippen LogP contribution < -0.4 is 0 Å². The second kappa shape index (κ2) is 6.35. The molecule has 0 unspecified atom stereocenters. The molecule has 0 aromatic heterocycles. The Morgan fingerprint density at radius 1 is 1.53 bits per heavy atom. The second-order valence-corrected chi connectivity index (χ2v) is 5.26. The van der Waals surface area contributed by atoms with Gasteiger partial charge in [-0.1, -0.05) is 17.7 Å². The summed E-state index contributed by atoms with van der Waals surface area (Å²) < 4.78 is 18.0. The average Bonchev–Trinajstić information content (AvgIpc) is 2.72. The Morgan fingerprint density at radius 2 is 2.32 bits per heavy atom. The molecule has 1 aliphatic rings.